The molecular formula is C12H18N2O6. The highest BCUT2D eigenvalue weighted by Crippen LogP contribution is 2.34. The van der Waals surface area contributed by atoms with Crippen molar-refractivity contribution >= 4 is 18.0 Å². The van der Waals surface area contributed by atoms with Crippen LogP contribution in [-0.2, 0) is 19.2 Å². The number of carboxylic acids is 1. The Balaban J connectivity index is 1.95. The Morgan fingerprint density at radius 1 is 1.40 bits per heavy atom. The summed E-state index contributed by atoms with van der Waals surface area (Å²) in [5, 5.41) is 9.57. The molecule has 8 heteroatoms. The topological polar surface area (TPSA) is 96.4 Å². The van der Waals surface area contributed by atoms with E-state index in [-0.39, 0.29) is 6.04 Å². The summed E-state index contributed by atoms with van der Waals surface area (Å²) in [6, 6.07) is -0.881. The minimum atomic E-state index is -1.15. The summed E-state index contributed by atoms with van der Waals surface area (Å²) in [4.78, 5) is 40.6. The molecule has 0 aromatic carbocycles. The molecule has 0 unspecified atom stereocenters. The monoisotopic (exact) mass is 286 g/mol. The minimum Gasteiger partial charge on any atom is -0.479 e. The van der Waals surface area contributed by atoms with E-state index in [2.05, 4.69) is 0 Å². The molecular weight excluding hydrogens is 268 g/mol. The smallest absolute Gasteiger partial charge is 0.411 e. The van der Waals surface area contributed by atoms with Crippen LogP contribution in [0.2, 0.25) is 0 Å². The van der Waals surface area contributed by atoms with Crippen molar-refractivity contribution in [2.45, 2.75) is 44.9 Å². The number of fused-ring (bicyclic) bond motifs is 1. The van der Waals surface area contributed by atoms with E-state index in [4.69, 9.17) is 14.7 Å². The number of likely N-dealkylation sites (tertiary alicyclic amines) is 1. The number of nitrogens with zero attached hydrogens (tertiary/aromatic N) is 2. The van der Waals surface area contributed by atoms with E-state index >= 15 is 0 Å². The normalized spacial score (nSPS) is 25.2. The molecule has 2 aliphatic rings. The number of aliphatic carboxylic acids is 1. The van der Waals surface area contributed by atoms with Gasteiger partial charge in [-0.2, -0.15) is 0 Å². The Morgan fingerprint density at radius 2 is 2.05 bits per heavy atom. The molecule has 0 saturated carbocycles. The molecule has 20 heavy (non-hydrogen) atoms. The van der Waals surface area contributed by atoms with Crippen LogP contribution in [0, 0.1) is 0 Å². The molecule has 2 heterocycles. The van der Waals surface area contributed by atoms with Gasteiger partial charge in [-0.3, -0.25) is 14.5 Å². The van der Waals surface area contributed by atoms with Gasteiger partial charge in [0, 0.05) is 6.54 Å². The highest BCUT2D eigenvalue weighted by atomic mass is 16.7. The van der Waals surface area contributed by atoms with Crippen molar-refractivity contribution in [1.29, 1.82) is 0 Å². The molecule has 0 aromatic heterocycles. The van der Waals surface area contributed by atoms with Gasteiger partial charge in [-0.05, 0) is 27.2 Å². The van der Waals surface area contributed by atoms with Crippen LogP contribution in [0.5, 0.6) is 0 Å². The quantitative estimate of drug-likeness (QED) is 0.746. The van der Waals surface area contributed by atoms with Crippen LogP contribution in [0.1, 0.15) is 27.2 Å². The molecule has 8 nitrogen and oxygen atoms in total. The van der Waals surface area contributed by atoms with Gasteiger partial charge in [-0.15, -0.1) is 0 Å². The van der Waals surface area contributed by atoms with Crippen molar-refractivity contribution in [3.05, 3.63) is 0 Å². The van der Waals surface area contributed by atoms with Crippen LogP contribution in [0.25, 0.3) is 0 Å². The van der Waals surface area contributed by atoms with Crippen molar-refractivity contribution in [3.63, 3.8) is 0 Å². The van der Waals surface area contributed by atoms with E-state index in [0.29, 0.717) is 13.0 Å². The first-order valence-corrected chi connectivity index (χ1v) is 6.38. The number of hydroxylamine groups is 2. The molecule has 0 spiro atoms. The number of β-lactam (4-membered cyclic amide) rings is 1. The average molecular weight is 286 g/mol. The van der Waals surface area contributed by atoms with Crippen molar-refractivity contribution < 1.29 is 29.1 Å². The van der Waals surface area contributed by atoms with Crippen LogP contribution in [-0.4, -0.2) is 63.9 Å². The lowest BCUT2D eigenvalue weighted by Gasteiger charge is -2.43. The van der Waals surface area contributed by atoms with Crippen LogP contribution in [0.4, 0.5) is 4.79 Å². The van der Waals surface area contributed by atoms with Crippen molar-refractivity contribution in [3.8, 4) is 0 Å². The fourth-order valence-electron chi connectivity index (χ4n) is 2.34. The first-order valence-electron chi connectivity index (χ1n) is 6.38. The van der Waals surface area contributed by atoms with Crippen LogP contribution < -0.4 is 0 Å². The Kier molecular flexibility index (Phi) is 3.59. The van der Waals surface area contributed by atoms with Crippen LogP contribution in [0.3, 0.4) is 0 Å². The number of amides is 2. The molecule has 1 N–H and O–H groups in total. The number of hydrogen-bond donors (Lipinski definition) is 1. The molecule has 0 bridgehead atoms. The molecule has 2 aliphatic heterocycles. The molecule has 0 aromatic rings. The minimum absolute atomic E-state index is 0.283. The van der Waals surface area contributed by atoms with Gasteiger partial charge in [0.2, 0.25) is 0 Å². The van der Waals surface area contributed by atoms with E-state index in [0.717, 1.165) is 5.06 Å². The summed E-state index contributed by atoms with van der Waals surface area (Å²) in [5.74, 6) is -1.55. The molecule has 112 valence electrons. The number of carbonyl (C=O) groups excluding carboxylic acids is 2. The second-order valence-electron chi connectivity index (χ2n) is 5.81. The van der Waals surface area contributed by atoms with E-state index in [1.807, 2.05) is 0 Å². The van der Waals surface area contributed by atoms with Gasteiger partial charge < -0.3 is 9.84 Å². The summed E-state index contributed by atoms with van der Waals surface area (Å²) in [6.07, 6.45) is 0.0196. The summed E-state index contributed by atoms with van der Waals surface area (Å²) >= 11 is 0. The predicted octanol–water partition coefficient (Wildman–Crippen LogP) is 0.223. The molecule has 0 aliphatic carbocycles. The molecule has 2 fully saturated rings. The fourth-order valence-corrected chi connectivity index (χ4v) is 2.34. The largest absolute Gasteiger partial charge is 0.479 e. The first-order chi connectivity index (χ1) is 9.20. The Morgan fingerprint density at radius 3 is 2.60 bits per heavy atom. The Labute approximate surface area is 116 Å². The second-order valence-corrected chi connectivity index (χ2v) is 5.81. The zero-order chi connectivity index (χ0) is 15.1. The lowest BCUT2D eigenvalue weighted by molar-refractivity contribution is -0.236. The van der Waals surface area contributed by atoms with E-state index in [1.54, 1.807) is 20.8 Å². The third-order valence-electron chi connectivity index (χ3n) is 3.09. The molecule has 2 atom stereocenters. The van der Waals surface area contributed by atoms with Gasteiger partial charge in [-0.1, -0.05) is 0 Å². The van der Waals surface area contributed by atoms with Gasteiger partial charge in [-0.25, -0.2) is 14.7 Å². The zero-order valence-corrected chi connectivity index (χ0v) is 11.7. The second kappa shape index (κ2) is 4.93. The van der Waals surface area contributed by atoms with Gasteiger partial charge in [0.15, 0.2) is 6.61 Å². The van der Waals surface area contributed by atoms with Gasteiger partial charge >= 0.3 is 12.1 Å². The van der Waals surface area contributed by atoms with Gasteiger partial charge in [0.05, 0.1) is 6.04 Å². The lowest BCUT2D eigenvalue weighted by atomic mass is 9.99. The van der Waals surface area contributed by atoms with Crippen LogP contribution in [0.15, 0.2) is 0 Å². The summed E-state index contributed by atoms with van der Waals surface area (Å²) in [6.45, 7) is 5.08. The number of rotatable bonds is 3. The average Bonchev–Trinajstić information content (AvgIpc) is 2.66. The van der Waals surface area contributed by atoms with E-state index in [9.17, 15) is 14.4 Å². The summed E-state index contributed by atoms with van der Waals surface area (Å²) in [5.41, 5.74) is -0.624. The standard InChI is InChI=1S/C12H18N2O6/c1-12(2,3)20-11(18)13-5-4-7-9(13)10(17)14(7)19-6-8(15)16/h7,9H,4-6H2,1-3H3,(H,15,16)/t7-,9+/m1/s1. The highest BCUT2D eigenvalue weighted by Gasteiger charge is 2.57. The highest BCUT2D eigenvalue weighted by molar-refractivity contribution is 5.92. The maximum Gasteiger partial charge on any atom is 0.411 e. The van der Waals surface area contributed by atoms with Gasteiger partial charge in [0.25, 0.3) is 5.91 Å². The SMILES string of the molecule is CC(C)(C)OC(=O)N1CC[C@@H]2[C@H]1C(=O)N2OCC(=O)O. The van der Waals surface area contributed by atoms with Crippen molar-refractivity contribution in [1.82, 2.24) is 9.96 Å². The maximum atomic E-state index is 12.0. The number of carboxylic acid groups (broad SMARTS) is 1. The summed E-state index contributed by atoms with van der Waals surface area (Å²) < 4.78 is 5.24. The Bertz CT molecular complexity index is 444. The van der Waals surface area contributed by atoms with Crippen molar-refractivity contribution in [2.24, 2.45) is 0 Å². The number of hydrogen-bond acceptors (Lipinski definition) is 5. The van der Waals surface area contributed by atoms with E-state index in [1.165, 1.54) is 4.90 Å². The summed E-state index contributed by atoms with van der Waals surface area (Å²) in [7, 11) is 0. The maximum absolute atomic E-state index is 12.0. The van der Waals surface area contributed by atoms with Crippen LogP contribution >= 0.6 is 0 Å². The number of carbonyl (C=O) groups is 3. The first kappa shape index (κ1) is 14.6. The molecule has 2 amide bonds. The Hall–Kier alpha value is -1.83. The zero-order valence-electron chi connectivity index (χ0n) is 11.7. The lowest BCUT2D eigenvalue weighted by Crippen LogP contribution is -2.67. The van der Waals surface area contributed by atoms with E-state index < -0.39 is 36.2 Å². The fraction of sp³-hybridized carbons (Fsp3) is 0.750. The molecule has 2 saturated heterocycles. The third kappa shape index (κ3) is 2.69. The predicted molar refractivity (Wildman–Crippen MR) is 65.6 cm³/mol. The molecule has 0 radical (unpaired) electrons. The number of ether oxygens (including phenoxy) is 1. The third-order valence-corrected chi connectivity index (χ3v) is 3.09. The molecule has 2 rings (SSSR count). The van der Waals surface area contributed by atoms with Gasteiger partial charge in [0.1, 0.15) is 11.6 Å². The van der Waals surface area contributed by atoms with Crippen molar-refractivity contribution in [2.75, 3.05) is 13.2 Å².